The van der Waals surface area contributed by atoms with E-state index in [2.05, 4.69) is 20.3 Å². The Kier molecular flexibility index (Phi) is 4.12. The zero-order valence-corrected chi connectivity index (χ0v) is 13.7. The predicted octanol–water partition coefficient (Wildman–Crippen LogP) is 3.01. The van der Waals surface area contributed by atoms with Crippen LogP contribution in [0.15, 0.2) is 60.8 Å². The van der Waals surface area contributed by atoms with Crippen LogP contribution in [-0.2, 0) is 17.6 Å². The van der Waals surface area contributed by atoms with Crippen LogP contribution in [0.2, 0.25) is 0 Å². The lowest BCUT2D eigenvalue weighted by Crippen LogP contribution is -2.27. The number of aromatic amines is 1. The maximum absolute atomic E-state index is 12.2. The van der Waals surface area contributed by atoms with Gasteiger partial charge in [0.25, 0.3) is 0 Å². The molecule has 0 aliphatic heterocycles. The largest absolute Gasteiger partial charge is 0.355 e. The molecule has 25 heavy (non-hydrogen) atoms. The van der Waals surface area contributed by atoms with Crippen LogP contribution in [0.4, 0.5) is 0 Å². The first-order valence-corrected chi connectivity index (χ1v) is 8.32. The van der Waals surface area contributed by atoms with Crippen molar-refractivity contribution in [2.45, 2.75) is 12.8 Å². The highest BCUT2D eigenvalue weighted by molar-refractivity contribution is 5.87. The molecule has 4 rings (SSSR count). The Hall–Kier alpha value is -3.21. The minimum atomic E-state index is -0.00531. The molecule has 2 aromatic carbocycles. The van der Waals surface area contributed by atoms with Crippen LogP contribution < -0.4 is 5.32 Å². The minimum Gasteiger partial charge on any atom is -0.355 e. The summed E-state index contributed by atoms with van der Waals surface area (Å²) < 4.78 is 0. The number of H-pyrrole nitrogens is 1. The number of hydrogen-bond acceptors (Lipinski definition) is 3. The van der Waals surface area contributed by atoms with Gasteiger partial charge in [0.1, 0.15) is 5.82 Å². The first-order chi connectivity index (χ1) is 12.3. The second-order valence-corrected chi connectivity index (χ2v) is 5.97. The predicted molar refractivity (Wildman–Crippen MR) is 98.3 cm³/mol. The summed E-state index contributed by atoms with van der Waals surface area (Å²) >= 11 is 0. The monoisotopic (exact) mass is 330 g/mol. The van der Waals surface area contributed by atoms with Crippen LogP contribution in [0, 0.1) is 0 Å². The molecule has 0 fully saturated rings. The van der Waals surface area contributed by atoms with E-state index < -0.39 is 0 Å². The molecule has 0 spiro atoms. The van der Waals surface area contributed by atoms with E-state index in [4.69, 9.17) is 0 Å². The minimum absolute atomic E-state index is 0.00531. The van der Waals surface area contributed by atoms with E-state index in [1.807, 2.05) is 54.6 Å². The molecule has 0 saturated heterocycles. The Labute approximate surface area is 145 Å². The third kappa shape index (κ3) is 3.35. The Bertz CT molecular complexity index is 1000. The molecule has 4 aromatic rings. The van der Waals surface area contributed by atoms with E-state index in [-0.39, 0.29) is 5.91 Å². The van der Waals surface area contributed by atoms with Crippen molar-refractivity contribution in [2.24, 2.45) is 0 Å². The summed E-state index contributed by atoms with van der Waals surface area (Å²) in [4.78, 5) is 24.4. The SMILES string of the molecule is O=C(Cc1cccc2cccnc12)NCCc1nc2ccccc2[nH]1. The summed E-state index contributed by atoms with van der Waals surface area (Å²) in [6.45, 7) is 0.552. The fourth-order valence-corrected chi connectivity index (χ4v) is 2.99. The number of hydrogen-bond donors (Lipinski definition) is 2. The molecule has 0 radical (unpaired) electrons. The quantitative estimate of drug-likeness (QED) is 0.591. The number of carbonyl (C=O) groups is 1. The molecule has 0 bridgehead atoms. The number of imidazole rings is 1. The van der Waals surface area contributed by atoms with E-state index in [1.165, 1.54) is 0 Å². The second-order valence-electron chi connectivity index (χ2n) is 5.97. The van der Waals surface area contributed by atoms with Crippen molar-refractivity contribution in [3.05, 3.63) is 72.2 Å². The smallest absolute Gasteiger partial charge is 0.224 e. The molecule has 2 N–H and O–H groups in total. The second kappa shape index (κ2) is 6.73. The molecular weight excluding hydrogens is 312 g/mol. The Morgan fingerprint density at radius 3 is 2.84 bits per heavy atom. The molecule has 124 valence electrons. The van der Waals surface area contributed by atoms with E-state index >= 15 is 0 Å². The Balaban J connectivity index is 1.37. The van der Waals surface area contributed by atoms with Crippen molar-refractivity contribution >= 4 is 27.8 Å². The molecule has 0 aliphatic rings. The number of nitrogens with zero attached hydrogens (tertiary/aromatic N) is 2. The van der Waals surface area contributed by atoms with Gasteiger partial charge in [-0.15, -0.1) is 0 Å². The fourth-order valence-electron chi connectivity index (χ4n) is 2.99. The summed E-state index contributed by atoms with van der Waals surface area (Å²) in [7, 11) is 0. The number of aromatic nitrogens is 3. The molecule has 0 saturated carbocycles. The highest BCUT2D eigenvalue weighted by Crippen LogP contribution is 2.16. The molecule has 5 heteroatoms. The average Bonchev–Trinajstić information content (AvgIpc) is 3.05. The number of rotatable bonds is 5. The summed E-state index contributed by atoms with van der Waals surface area (Å²) in [5.74, 6) is 0.877. The molecular formula is C20H18N4O. The zero-order chi connectivity index (χ0) is 17.1. The number of amides is 1. The normalized spacial score (nSPS) is 11.0. The highest BCUT2D eigenvalue weighted by atomic mass is 16.1. The van der Waals surface area contributed by atoms with Gasteiger partial charge in [-0.1, -0.05) is 36.4 Å². The lowest BCUT2D eigenvalue weighted by Gasteiger charge is -2.06. The molecule has 1 amide bonds. The van der Waals surface area contributed by atoms with Crippen molar-refractivity contribution in [3.8, 4) is 0 Å². The third-order valence-corrected chi connectivity index (χ3v) is 4.19. The van der Waals surface area contributed by atoms with Crippen molar-refractivity contribution in [3.63, 3.8) is 0 Å². The van der Waals surface area contributed by atoms with Crippen molar-refractivity contribution in [1.29, 1.82) is 0 Å². The molecule has 0 aliphatic carbocycles. The number of pyridine rings is 1. The summed E-state index contributed by atoms with van der Waals surface area (Å²) in [6.07, 6.45) is 2.76. The average molecular weight is 330 g/mol. The fraction of sp³-hybridized carbons (Fsp3) is 0.150. The topological polar surface area (TPSA) is 70.7 Å². The van der Waals surface area contributed by atoms with E-state index in [1.54, 1.807) is 6.20 Å². The maximum atomic E-state index is 12.2. The molecule has 0 unspecified atom stereocenters. The van der Waals surface area contributed by atoms with Crippen molar-refractivity contribution in [2.75, 3.05) is 6.54 Å². The number of carbonyl (C=O) groups excluding carboxylic acids is 1. The summed E-state index contributed by atoms with van der Waals surface area (Å²) in [5, 5.41) is 4.01. The van der Waals surface area contributed by atoms with Gasteiger partial charge >= 0.3 is 0 Å². The summed E-state index contributed by atoms with van der Waals surface area (Å²) in [5.41, 5.74) is 3.80. The van der Waals surface area contributed by atoms with Crippen LogP contribution in [-0.4, -0.2) is 27.4 Å². The van der Waals surface area contributed by atoms with Gasteiger partial charge in [0.2, 0.25) is 5.91 Å². The third-order valence-electron chi connectivity index (χ3n) is 4.19. The molecule has 2 heterocycles. The van der Waals surface area contributed by atoms with Gasteiger partial charge in [-0.2, -0.15) is 0 Å². The summed E-state index contributed by atoms with van der Waals surface area (Å²) in [6, 6.07) is 17.7. The van der Waals surface area contributed by atoms with Crippen LogP contribution in [0.25, 0.3) is 21.9 Å². The number of fused-ring (bicyclic) bond motifs is 2. The van der Waals surface area contributed by atoms with E-state index in [0.717, 1.165) is 33.3 Å². The van der Waals surface area contributed by atoms with Gasteiger partial charge in [0.15, 0.2) is 0 Å². The Morgan fingerprint density at radius 1 is 1.04 bits per heavy atom. The number of para-hydroxylation sites is 3. The van der Waals surface area contributed by atoms with Crippen molar-refractivity contribution in [1.82, 2.24) is 20.3 Å². The van der Waals surface area contributed by atoms with E-state index in [9.17, 15) is 4.79 Å². The zero-order valence-electron chi connectivity index (χ0n) is 13.7. The van der Waals surface area contributed by atoms with E-state index in [0.29, 0.717) is 19.4 Å². The molecule has 5 nitrogen and oxygen atoms in total. The number of nitrogens with one attached hydrogen (secondary N) is 2. The standard InChI is InChI=1S/C20H18N4O/c25-19(13-15-6-3-5-14-7-4-11-22-20(14)15)21-12-10-18-23-16-8-1-2-9-17(16)24-18/h1-9,11H,10,12-13H2,(H,21,25)(H,23,24). The highest BCUT2D eigenvalue weighted by Gasteiger charge is 2.08. The van der Waals surface area contributed by atoms with Crippen LogP contribution in [0.3, 0.4) is 0 Å². The van der Waals surface area contributed by atoms with Gasteiger partial charge in [0.05, 0.1) is 23.0 Å². The van der Waals surface area contributed by atoms with Gasteiger partial charge < -0.3 is 10.3 Å². The maximum Gasteiger partial charge on any atom is 0.224 e. The van der Waals surface area contributed by atoms with Crippen molar-refractivity contribution < 1.29 is 4.79 Å². The Morgan fingerprint density at radius 2 is 1.92 bits per heavy atom. The lowest BCUT2D eigenvalue weighted by molar-refractivity contribution is -0.120. The van der Waals surface area contributed by atoms with Gasteiger partial charge in [0, 0.05) is 24.5 Å². The first kappa shape index (κ1) is 15.3. The first-order valence-electron chi connectivity index (χ1n) is 8.32. The van der Waals surface area contributed by atoms with Gasteiger partial charge in [-0.05, 0) is 23.8 Å². The van der Waals surface area contributed by atoms with Crippen LogP contribution in [0.1, 0.15) is 11.4 Å². The number of benzene rings is 2. The van der Waals surface area contributed by atoms with Crippen LogP contribution >= 0.6 is 0 Å². The van der Waals surface area contributed by atoms with Gasteiger partial charge in [-0.3, -0.25) is 9.78 Å². The lowest BCUT2D eigenvalue weighted by atomic mass is 10.1. The molecule has 2 aromatic heterocycles. The van der Waals surface area contributed by atoms with Crippen LogP contribution in [0.5, 0.6) is 0 Å². The van der Waals surface area contributed by atoms with Gasteiger partial charge in [-0.25, -0.2) is 4.98 Å². The molecule has 0 atom stereocenters.